The predicted molar refractivity (Wildman–Crippen MR) is 290 cm³/mol. The fourth-order valence-electron chi connectivity index (χ4n) is 17.1. The van der Waals surface area contributed by atoms with E-state index >= 15 is 0 Å². The Balaban J connectivity index is 1.05. The normalized spacial score (nSPS) is 51.2. The lowest BCUT2D eigenvalue weighted by molar-refractivity contribution is -0.400. The summed E-state index contributed by atoms with van der Waals surface area (Å²) in [5, 5.41) is 156. The second kappa shape index (κ2) is 24.9. The van der Waals surface area contributed by atoms with Crippen molar-refractivity contribution in [2.24, 2.45) is 50.2 Å². The summed E-state index contributed by atoms with van der Waals surface area (Å²) < 4.78 is 60.7. The number of carboxylic acid groups (broad SMARTS) is 1. The van der Waals surface area contributed by atoms with Gasteiger partial charge in [0.1, 0.15) is 91.6 Å². The van der Waals surface area contributed by atoms with Gasteiger partial charge in [0, 0.05) is 23.3 Å². The van der Waals surface area contributed by atoms with Gasteiger partial charge in [0.25, 0.3) is 0 Å². The van der Waals surface area contributed by atoms with Crippen LogP contribution in [0.25, 0.3) is 0 Å². The number of rotatable bonds is 15. The molecule has 27 heteroatoms. The minimum atomic E-state index is -2.26. The van der Waals surface area contributed by atoms with Crippen LogP contribution in [0.3, 0.4) is 0 Å². The number of carbonyl (C=O) groups is 3. The van der Waals surface area contributed by atoms with E-state index in [0.29, 0.717) is 37.7 Å². The Morgan fingerprint density at radius 3 is 1.88 bits per heavy atom. The highest BCUT2D eigenvalue weighted by molar-refractivity contribution is 5.87. The number of hydrogen-bond acceptors (Lipinski definition) is 26. The molecule has 4 saturated carbocycles. The number of fused-ring (bicyclic) bond motifs is 7. The van der Waals surface area contributed by atoms with E-state index in [2.05, 4.69) is 26.8 Å². The van der Waals surface area contributed by atoms with Crippen molar-refractivity contribution in [2.45, 2.75) is 242 Å². The van der Waals surface area contributed by atoms with Gasteiger partial charge in [-0.3, -0.25) is 4.79 Å². The molecular weight excluding hydrogens is 1140 g/mol. The van der Waals surface area contributed by atoms with Gasteiger partial charge in [-0.2, -0.15) is 0 Å². The van der Waals surface area contributed by atoms with Crippen LogP contribution < -0.4 is 0 Å². The third-order valence-electron chi connectivity index (χ3n) is 22.4. The van der Waals surface area contributed by atoms with Gasteiger partial charge in [-0.15, -0.1) is 0 Å². The maximum absolute atomic E-state index is 13.5. The van der Waals surface area contributed by atoms with Gasteiger partial charge in [0.15, 0.2) is 31.3 Å². The fraction of sp³-hybridized carbons (Fsp3) is 0.881. The van der Waals surface area contributed by atoms with E-state index in [9.17, 15) is 85.9 Å². The lowest BCUT2D eigenvalue weighted by atomic mass is 9.33. The third kappa shape index (κ3) is 11.0. The van der Waals surface area contributed by atoms with Gasteiger partial charge in [-0.05, 0) is 92.8 Å². The average molecular weight is 1230 g/mol. The number of aliphatic carboxylic acids is 1. The van der Waals surface area contributed by atoms with Crippen LogP contribution >= 0.6 is 0 Å². The summed E-state index contributed by atoms with van der Waals surface area (Å²) in [4.78, 5) is 39.7. The average Bonchev–Trinajstić information content (AvgIpc) is 0.674. The number of allylic oxidation sites excluding steroid dienone is 3. The Morgan fingerprint density at radius 2 is 1.27 bits per heavy atom. The van der Waals surface area contributed by atoms with E-state index in [1.54, 1.807) is 19.9 Å². The Morgan fingerprint density at radius 1 is 0.640 bits per heavy atom. The number of carbonyl (C=O) groups excluding carboxylic acids is 2. The van der Waals surface area contributed by atoms with Crippen molar-refractivity contribution in [1.29, 1.82) is 0 Å². The zero-order valence-corrected chi connectivity index (χ0v) is 50.1. The largest absolute Gasteiger partial charge is 0.479 e. The van der Waals surface area contributed by atoms with Gasteiger partial charge in [-0.1, -0.05) is 59.3 Å². The fourth-order valence-corrected chi connectivity index (χ4v) is 17.1. The van der Waals surface area contributed by atoms with Gasteiger partial charge < -0.3 is 119 Å². The first-order chi connectivity index (χ1) is 40.3. The minimum Gasteiger partial charge on any atom is -0.479 e. The Kier molecular flexibility index (Phi) is 19.5. The van der Waals surface area contributed by atoms with E-state index in [-0.39, 0.29) is 24.7 Å². The van der Waals surface area contributed by atoms with Crippen LogP contribution in [0.1, 0.15) is 107 Å². The quantitative estimate of drug-likeness (QED) is 0.0357. The van der Waals surface area contributed by atoms with Crippen molar-refractivity contribution in [3.05, 3.63) is 23.3 Å². The van der Waals surface area contributed by atoms with Crippen molar-refractivity contribution >= 4 is 17.9 Å². The lowest BCUT2D eigenvalue weighted by Crippen LogP contribution is -2.72. The summed E-state index contributed by atoms with van der Waals surface area (Å²) in [6, 6.07) is 0. The van der Waals surface area contributed by atoms with Crippen LogP contribution in [-0.4, -0.2) is 257 Å². The molecule has 4 aliphatic heterocycles. The van der Waals surface area contributed by atoms with Crippen molar-refractivity contribution in [3.8, 4) is 0 Å². The van der Waals surface area contributed by atoms with E-state index in [1.165, 1.54) is 6.92 Å². The second-order valence-corrected chi connectivity index (χ2v) is 27.4. The molecule has 0 spiro atoms. The van der Waals surface area contributed by atoms with Crippen LogP contribution in [0.4, 0.5) is 0 Å². The van der Waals surface area contributed by atoms with E-state index in [1.807, 2.05) is 20.8 Å². The van der Waals surface area contributed by atoms with Gasteiger partial charge in [-0.25, -0.2) is 9.59 Å². The first-order valence-electron chi connectivity index (χ1n) is 30.0. The molecule has 490 valence electrons. The number of aliphatic hydroxyl groups is 13. The van der Waals surface area contributed by atoms with E-state index < -0.39 is 224 Å². The molecule has 4 heterocycles. The van der Waals surface area contributed by atoms with Crippen molar-refractivity contribution in [2.75, 3.05) is 33.0 Å². The summed E-state index contributed by atoms with van der Waals surface area (Å²) in [7, 11) is 0. The lowest BCUT2D eigenvalue weighted by Gasteiger charge is -2.72. The minimum absolute atomic E-state index is 0.118. The van der Waals surface area contributed by atoms with Crippen molar-refractivity contribution in [1.82, 2.24) is 0 Å². The second-order valence-electron chi connectivity index (χ2n) is 27.4. The zero-order valence-electron chi connectivity index (χ0n) is 50.1. The molecule has 0 amide bonds. The van der Waals surface area contributed by atoms with Crippen LogP contribution in [-0.2, 0) is 61.8 Å². The summed E-state index contributed by atoms with van der Waals surface area (Å²) in [5.41, 5.74) is -4.00. The summed E-state index contributed by atoms with van der Waals surface area (Å²) in [6.07, 6.45) is -32.4. The molecule has 5 aliphatic carbocycles. The van der Waals surface area contributed by atoms with Crippen LogP contribution in [0.2, 0.25) is 0 Å². The van der Waals surface area contributed by atoms with Crippen molar-refractivity contribution < 1.29 is 133 Å². The van der Waals surface area contributed by atoms with Crippen LogP contribution in [0.15, 0.2) is 23.3 Å². The number of ether oxygens (including phenoxy) is 10. The molecule has 0 aromatic rings. The summed E-state index contributed by atoms with van der Waals surface area (Å²) in [5.74, 6) is -4.02. The molecule has 86 heavy (non-hydrogen) atoms. The van der Waals surface area contributed by atoms with Gasteiger partial charge in [0.2, 0.25) is 0 Å². The maximum atomic E-state index is 13.5. The number of hydrogen-bond donors (Lipinski definition) is 14. The molecule has 14 N–H and O–H groups in total. The molecule has 9 rings (SSSR count). The van der Waals surface area contributed by atoms with Gasteiger partial charge >= 0.3 is 17.9 Å². The van der Waals surface area contributed by atoms with Crippen LogP contribution in [0.5, 0.6) is 0 Å². The Bertz CT molecular complexity index is 2510. The molecule has 0 aromatic heterocycles. The Hall–Kier alpha value is -2.95. The molecule has 30 atom stereocenters. The zero-order chi connectivity index (χ0) is 63.3. The molecule has 0 radical (unpaired) electrons. The third-order valence-corrected chi connectivity index (χ3v) is 22.4. The van der Waals surface area contributed by atoms with Gasteiger partial charge in [0.05, 0.1) is 50.7 Å². The van der Waals surface area contributed by atoms with E-state index in [4.69, 9.17) is 47.4 Å². The molecule has 9 aliphatic rings. The molecule has 4 saturated heterocycles. The monoisotopic (exact) mass is 1230 g/mol. The molecule has 27 nitrogen and oxygen atoms in total. The van der Waals surface area contributed by atoms with E-state index in [0.717, 1.165) is 5.57 Å². The predicted octanol–water partition coefficient (Wildman–Crippen LogP) is -2.22. The first-order valence-corrected chi connectivity index (χ1v) is 30.0. The molecular formula is C59H92O27. The molecule has 8 fully saturated rings. The molecule has 0 bridgehead atoms. The molecule has 3 unspecified atom stereocenters. The SMILES string of the molecule is CC=C(C)C(=O)O[C@H]1[C@H](OC(C)=O)[C@@]2(CO)C(CC1(C)C)C1=CCC3[C@@]4(C)CC[C@H](O[C@@H]5O[C@H](C(=O)O)[C@@H](O)[C@H](O[C@@H]6OC[C@H](O)[C@H](O)[C@H]6O[C@@H]6OC[C@@H](O)[C@H](O)[C@H]6O)[C@H]5O[C@H]5O[C@H](CO)[C@H](O)[C@H](O)[C@H]5O)[C@@](C)(CO)C4CC[C@@]3(C)[C@]1(C)C[C@H]2O. The highest BCUT2D eigenvalue weighted by Gasteiger charge is 2.74. The topological polar surface area (TPSA) is 427 Å². The van der Waals surface area contributed by atoms with Crippen LogP contribution in [0, 0.1) is 50.2 Å². The smallest absolute Gasteiger partial charge is 0.335 e. The Labute approximate surface area is 498 Å². The number of aliphatic hydroxyl groups excluding tert-OH is 13. The standard InChI is InChI=1S/C59H92O27/c1-10-24(2)49(76)86-46-47(79-25(3)63)59(23-62)27(17-54(46,4)5)26-11-12-32-55(6)15-14-34(56(7,22-61)31(55)13-16-57(32,8)58(26,9)18-33(59)66)81-53-45(85-51-40(72)38(70)37(69)30(19-60)80-51)42(41(73)43(83-53)48(74)75)82-52-44(36(68)29(65)21-78-52)84-50-39(71)35(67)28(64)20-77-50/h10-11,27-47,50-53,60-62,64-73H,12-23H2,1-9H3,(H,74,75)/t27?,28-,29+,30-,31?,32?,33-,34+,35+,36+,37+,38+,39-,40-,41+,42+,43+,44-,45-,46+,47+,50+,51-,52+,53-,55+,56+,57-,58-,59+/m1/s1. The highest BCUT2D eigenvalue weighted by Crippen LogP contribution is 2.76. The summed E-state index contributed by atoms with van der Waals surface area (Å²) >= 11 is 0. The van der Waals surface area contributed by atoms with Crippen molar-refractivity contribution in [3.63, 3.8) is 0 Å². The maximum Gasteiger partial charge on any atom is 0.335 e. The molecule has 0 aromatic carbocycles. The first kappa shape index (κ1) is 67.4. The number of esters is 2. The number of carboxylic acids is 1. The highest BCUT2D eigenvalue weighted by atomic mass is 16.8. The summed E-state index contributed by atoms with van der Waals surface area (Å²) in [6.45, 7) is 13.6.